The van der Waals surface area contributed by atoms with Gasteiger partial charge < -0.3 is 15.0 Å². The SMILES string of the molecule is COc1ccccc1N1CCN(S(=O)(=O)c2ccc(F)c(C(=O)Nc3ccc(C(C)C)cc3)c2)CC1. The molecule has 0 aliphatic carbocycles. The molecular formula is C27H30FN3O4S. The van der Waals surface area contributed by atoms with Crippen molar-refractivity contribution in [3.63, 3.8) is 0 Å². The van der Waals surface area contributed by atoms with Crippen molar-refractivity contribution in [1.29, 1.82) is 0 Å². The normalized spacial score (nSPS) is 14.6. The van der Waals surface area contributed by atoms with Crippen LogP contribution in [-0.4, -0.2) is 51.9 Å². The van der Waals surface area contributed by atoms with Gasteiger partial charge in [0, 0.05) is 31.9 Å². The number of anilines is 2. The molecular weight excluding hydrogens is 481 g/mol. The second-order valence-corrected chi connectivity index (χ2v) is 10.9. The number of rotatable bonds is 7. The molecule has 9 heteroatoms. The van der Waals surface area contributed by atoms with Gasteiger partial charge in [-0.25, -0.2) is 12.8 Å². The highest BCUT2D eigenvalue weighted by atomic mass is 32.2. The van der Waals surface area contributed by atoms with Gasteiger partial charge in [-0.2, -0.15) is 4.31 Å². The predicted octanol–water partition coefficient (Wildman–Crippen LogP) is 4.72. The lowest BCUT2D eigenvalue weighted by Gasteiger charge is -2.36. The smallest absolute Gasteiger partial charge is 0.258 e. The molecule has 190 valence electrons. The molecule has 1 aliphatic rings. The largest absolute Gasteiger partial charge is 0.495 e. The molecule has 1 fully saturated rings. The van der Waals surface area contributed by atoms with Crippen molar-refractivity contribution in [3.8, 4) is 5.75 Å². The Balaban J connectivity index is 1.49. The van der Waals surface area contributed by atoms with E-state index >= 15 is 0 Å². The fourth-order valence-corrected chi connectivity index (χ4v) is 5.65. The van der Waals surface area contributed by atoms with Gasteiger partial charge in [0.2, 0.25) is 10.0 Å². The van der Waals surface area contributed by atoms with E-state index in [2.05, 4.69) is 24.1 Å². The molecule has 0 spiro atoms. The van der Waals surface area contributed by atoms with Gasteiger partial charge in [-0.15, -0.1) is 0 Å². The average Bonchev–Trinajstić information content (AvgIpc) is 2.89. The Labute approximate surface area is 211 Å². The maximum Gasteiger partial charge on any atom is 0.258 e. The number of carbonyl (C=O) groups excluding carboxylic acids is 1. The van der Waals surface area contributed by atoms with E-state index in [9.17, 15) is 17.6 Å². The van der Waals surface area contributed by atoms with Gasteiger partial charge in [-0.1, -0.05) is 38.1 Å². The van der Waals surface area contributed by atoms with Gasteiger partial charge in [0.15, 0.2) is 0 Å². The second kappa shape index (κ2) is 10.7. The van der Waals surface area contributed by atoms with Crippen molar-refractivity contribution in [1.82, 2.24) is 4.31 Å². The van der Waals surface area contributed by atoms with Crippen LogP contribution in [0.25, 0.3) is 0 Å². The zero-order valence-electron chi connectivity index (χ0n) is 20.6. The van der Waals surface area contributed by atoms with E-state index in [1.807, 2.05) is 36.4 Å². The highest BCUT2D eigenvalue weighted by molar-refractivity contribution is 7.89. The number of halogens is 1. The van der Waals surface area contributed by atoms with Crippen LogP contribution in [0.3, 0.4) is 0 Å². The van der Waals surface area contributed by atoms with Crippen LogP contribution in [0.4, 0.5) is 15.8 Å². The van der Waals surface area contributed by atoms with E-state index in [4.69, 9.17) is 4.74 Å². The third-order valence-electron chi connectivity index (χ3n) is 6.32. The Morgan fingerprint density at radius 1 is 0.972 bits per heavy atom. The zero-order valence-corrected chi connectivity index (χ0v) is 21.4. The molecule has 3 aromatic carbocycles. The lowest BCUT2D eigenvalue weighted by molar-refractivity contribution is 0.102. The number of sulfonamides is 1. The number of hydrogen-bond acceptors (Lipinski definition) is 5. The molecule has 0 saturated carbocycles. The number of hydrogen-bond donors (Lipinski definition) is 1. The van der Waals surface area contributed by atoms with E-state index in [0.29, 0.717) is 24.7 Å². The number of piperazine rings is 1. The quantitative estimate of drug-likeness (QED) is 0.497. The number of nitrogens with one attached hydrogen (secondary N) is 1. The molecule has 36 heavy (non-hydrogen) atoms. The first kappa shape index (κ1) is 25.7. The third-order valence-corrected chi connectivity index (χ3v) is 8.21. The van der Waals surface area contributed by atoms with Gasteiger partial charge in [-0.05, 0) is 53.9 Å². The fraction of sp³-hybridized carbons (Fsp3) is 0.296. The van der Waals surface area contributed by atoms with Crippen molar-refractivity contribution < 1.29 is 22.3 Å². The summed E-state index contributed by atoms with van der Waals surface area (Å²) in [6.45, 7) is 5.57. The summed E-state index contributed by atoms with van der Waals surface area (Å²) >= 11 is 0. The van der Waals surface area contributed by atoms with E-state index in [0.717, 1.165) is 29.1 Å². The van der Waals surface area contributed by atoms with Crippen molar-refractivity contribution >= 4 is 27.3 Å². The molecule has 0 aromatic heterocycles. The van der Waals surface area contributed by atoms with Crippen LogP contribution in [0.5, 0.6) is 5.75 Å². The Bertz CT molecular complexity index is 1340. The van der Waals surface area contributed by atoms with E-state index in [1.165, 1.54) is 10.4 Å². The molecule has 0 bridgehead atoms. The summed E-state index contributed by atoms with van der Waals surface area (Å²) in [6, 6.07) is 18.2. The van der Waals surface area contributed by atoms with Crippen molar-refractivity contribution in [2.24, 2.45) is 0 Å². The lowest BCUT2D eigenvalue weighted by Crippen LogP contribution is -2.48. The van der Waals surface area contributed by atoms with Gasteiger partial charge in [0.25, 0.3) is 5.91 Å². The highest BCUT2D eigenvalue weighted by Crippen LogP contribution is 2.29. The molecule has 0 radical (unpaired) electrons. The van der Waals surface area contributed by atoms with Crippen LogP contribution < -0.4 is 15.0 Å². The monoisotopic (exact) mass is 511 g/mol. The third kappa shape index (κ3) is 5.37. The van der Waals surface area contributed by atoms with Gasteiger partial charge in [0.1, 0.15) is 11.6 Å². The van der Waals surface area contributed by atoms with Crippen LogP contribution in [0.1, 0.15) is 35.7 Å². The van der Waals surface area contributed by atoms with Crippen LogP contribution in [0, 0.1) is 5.82 Å². The highest BCUT2D eigenvalue weighted by Gasteiger charge is 2.30. The van der Waals surface area contributed by atoms with Crippen molar-refractivity contribution in [3.05, 3.63) is 83.7 Å². The molecule has 1 saturated heterocycles. The summed E-state index contributed by atoms with van der Waals surface area (Å²) in [6.07, 6.45) is 0. The van der Waals surface area contributed by atoms with Gasteiger partial charge in [-0.3, -0.25) is 4.79 Å². The Hall–Kier alpha value is -3.43. The van der Waals surface area contributed by atoms with Crippen LogP contribution >= 0.6 is 0 Å². The lowest BCUT2D eigenvalue weighted by atomic mass is 10.0. The van der Waals surface area contributed by atoms with Crippen LogP contribution in [0.2, 0.25) is 0 Å². The number of carbonyl (C=O) groups is 1. The number of nitrogens with zero attached hydrogens (tertiary/aromatic N) is 2. The summed E-state index contributed by atoms with van der Waals surface area (Å²) in [5.74, 6) is -0.429. The minimum atomic E-state index is -3.92. The number of amides is 1. The Kier molecular flexibility index (Phi) is 7.61. The summed E-state index contributed by atoms with van der Waals surface area (Å²) in [7, 11) is -2.32. The number of para-hydroxylation sites is 2. The minimum Gasteiger partial charge on any atom is -0.495 e. The number of benzene rings is 3. The summed E-state index contributed by atoms with van der Waals surface area (Å²) < 4.78 is 48.0. The van der Waals surface area contributed by atoms with Crippen LogP contribution in [0.15, 0.2) is 71.6 Å². The van der Waals surface area contributed by atoms with E-state index in [-0.39, 0.29) is 23.5 Å². The average molecular weight is 512 g/mol. The topological polar surface area (TPSA) is 79.0 Å². The van der Waals surface area contributed by atoms with E-state index < -0.39 is 21.7 Å². The Morgan fingerprint density at radius 3 is 2.28 bits per heavy atom. The second-order valence-electron chi connectivity index (χ2n) is 8.94. The van der Waals surface area contributed by atoms with E-state index in [1.54, 1.807) is 19.2 Å². The molecule has 7 nitrogen and oxygen atoms in total. The minimum absolute atomic E-state index is 0.116. The van der Waals surface area contributed by atoms with Crippen molar-refractivity contribution in [2.45, 2.75) is 24.7 Å². The molecule has 1 heterocycles. The standard InChI is InChI=1S/C27H30FN3O4S/c1-19(2)20-8-10-21(11-9-20)29-27(32)23-18-22(12-13-24(23)28)36(33,34)31-16-14-30(15-17-31)25-6-4-5-7-26(25)35-3/h4-13,18-19H,14-17H2,1-3H3,(H,29,32). The van der Waals surface area contributed by atoms with Gasteiger partial charge >= 0.3 is 0 Å². The first-order chi connectivity index (χ1) is 17.2. The molecule has 4 rings (SSSR count). The van der Waals surface area contributed by atoms with Gasteiger partial charge in [0.05, 0.1) is 23.3 Å². The molecule has 3 aromatic rings. The van der Waals surface area contributed by atoms with Crippen molar-refractivity contribution in [2.75, 3.05) is 43.5 Å². The first-order valence-electron chi connectivity index (χ1n) is 11.8. The molecule has 1 amide bonds. The molecule has 1 aliphatic heterocycles. The summed E-state index contributed by atoms with van der Waals surface area (Å²) in [5, 5.41) is 2.65. The van der Waals surface area contributed by atoms with Crippen LogP contribution in [-0.2, 0) is 10.0 Å². The first-order valence-corrected chi connectivity index (χ1v) is 13.2. The fourth-order valence-electron chi connectivity index (χ4n) is 4.20. The number of methoxy groups -OCH3 is 1. The maximum atomic E-state index is 14.5. The molecule has 1 N–H and O–H groups in total. The predicted molar refractivity (Wildman–Crippen MR) is 139 cm³/mol. The summed E-state index contributed by atoms with van der Waals surface area (Å²) in [4.78, 5) is 14.7. The number of ether oxygens (including phenoxy) is 1. The Morgan fingerprint density at radius 2 is 1.64 bits per heavy atom. The zero-order chi connectivity index (χ0) is 25.9. The maximum absolute atomic E-state index is 14.5. The molecule has 0 atom stereocenters. The summed E-state index contributed by atoms with van der Waals surface area (Å²) in [5.41, 5.74) is 2.19. The molecule has 0 unspecified atom stereocenters.